The molecule has 1 aromatic heterocycles. The summed E-state index contributed by atoms with van der Waals surface area (Å²) < 4.78 is 31.3. The van der Waals surface area contributed by atoms with Gasteiger partial charge in [-0.3, -0.25) is 4.79 Å². The topological polar surface area (TPSA) is 76.1 Å². The van der Waals surface area contributed by atoms with Gasteiger partial charge in [0.1, 0.15) is 0 Å². The Morgan fingerprint density at radius 3 is 2.48 bits per heavy atom. The Balaban J connectivity index is 0.00000261. The summed E-state index contributed by atoms with van der Waals surface area (Å²) in [6.07, 6.45) is 4.85. The molecule has 0 bridgehead atoms. The van der Waals surface area contributed by atoms with E-state index in [4.69, 9.17) is 4.74 Å². The number of nitrogens with zero attached hydrogens (tertiary/aromatic N) is 2. The first-order valence-corrected chi connectivity index (χ1v) is 8.44. The van der Waals surface area contributed by atoms with Crippen molar-refractivity contribution in [2.24, 2.45) is 0 Å². The average Bonchev–Trinajstić information content (AvgIpc) is 2.65. The fourth-order valence-corrected chi connectivity index (χ4v) is 3.00. The molecule has 3 rings (SSSR count). The van der Waals surface area contributed by atoms with Gasteiger partial charge < -0.3 is 15.4 Å². The van der Waals surface area contributed by atoms with E-state index in [-0.39, 0.29) is 30.1 Å². The first-order chi connectivity index (χ1) is 12.5. The van der Waals surface area contributed by atoms with Crippen LogP contribution in [-0.4, -0.2) is 35.1 Å². The van der Waals surface area contributed by atoms with Gasteiger partial charge in [0.05, 0.1) is 7.11 Å². The van der Waals surface area contributed by atoms with E-state index in [1.165, 1.54) is 6.07 Å². The van der Waals surface area contributed by atoms with E-state index >= 15 is 0 Å². The Bertz CT molecular complexity index is 786. The molecule has 1 aliphatic carbocycles. The lowest BCUT2D eigenvalue weighted by molar-refractivity contribution is 0.0926. The van der Waals surface area contributed by atoms with Gasteiger partial charge in [-0.05, 0) is 43.9 Å². The quantitative estimate of drug-likeness (QED) is 0.807. The maximum Gasteiger partial charge on any atom is 0.251 e. The summed E-state index contributed by atoms with van der Waals surface area (Å²) in [5, 5.41) is 6.15. The van der Waals surface area contributed by atoms with E-state index in [1.807, 2.05) is 0 Å². The highest BCUT2D eigenvalue weighted by molar-refractivity contribution is 5.94. The van der Waals surface area contributed by atoms with Crippen LogP contribution >= 0.6 is 12.4 Å². The molecule has 1 aliphatic rings. The van der Waals surface area contributed by atoms with E-state index in [9.17, 15) is 13.6 Å². The van der Waals surface area contributed by atoms with Gasteiger partial charge in [0.2, 0.25) is 11.8 Å². The molecule has 6 nitrogen and oxygen atoms in total. The Hall–Kier alpha value is -2.48. The number of aromatic nitrogens is 2. The molecular weight excluding hydrogens is 378 g/mol. The van der Waals surface area contributed by atoms with Crippen molar-refractivity contribution in [2.45, 2.75) is 37.8 Å². The molecule has 9 heteroatoms. The Kier molecular flexibility index (Phi) is 7.29. The van der Waals surface area contributed by atoms with Crippen LogP contribution in [-0.2, 0) is 0 Å². The van der Waals surface area contributed by atoms with Crippen LogP contribution in [0.2, 0.25) is 0 Å². The van der Waals surface area contributed by atoms with Gasteiger partial charge >= 0.3 is 0 Å². The van der Waals surface area contributed by atoms with Crippen LogP contribution in [0.25, 0.3) is 0 Å². The Morgan fingerprint density at radius 1 is 1.11 bits per heavy atom. The minimum absolute atomic E-state index is 0. The second-order valence-corrected chi connectivity index (χ2v) is 6.22. The largest absolute Gasteiger partial charge is 0.481 e. The molecule has 2 N–H and O–H groups in total. The van der Waals surface area contributed by atoms with Crippen molar-refractivity contribution in [1.29, 1.82) is 0 Å². The SMILES string of the molecule is COc1ccnc(NC2CCC(NC(=O)c3ccc(F)c(F)c3)CC2)n1.Cl. The highest BCUT2D eigenvalue weighted by atomic mass is 35.5. The second-order valence-electron chi connectivity index (χ2n) is 6.22. The molecule has 2 aromatic rings. The van der Waals surface area contributed by atoms with Crippen LogP contribution in [0.5, 0.6) is 5.88 Å². The van der Waals surface area contributed by atoms with Crippen molar-refractivity contribution >= 4 is 24.3 Å². The van der Waals surface area contributed by atoms with Crippen LogP contribution in [0, 0.1) is 11.6 Å². The number of rotatable bonds is 5. The number of amides is 1. The van der Waals surface area contributed by atoms with E-state index in [0.717, 1.165) is 37.8 Å². The zero-order valence-corrected chi connectivity index (χ0v) is 15.6. The number of benzene rings is 1. The number of hydrogen-bond donors (Lipinski definition) is 2. The number of methoxy groups -OCH3 is 1. The van der Waals surface area contributed by atoms with Crippen LogP contribution in [0.1, 0.15) is 36.0 Å². The highest BCUT2D eigenvalue weighted by Crippen LogP contribution is 2.22. The van der Waals surface area contributed by atoms with Gasteiger partial charge in [0, 0.05) is 29.9 Å². The number of ether oxygens (including phenoxy) is 1. The van der Waals surface area contributed by atoms with E-state index in [1.54, 1.807) is 19.4 Å². The Labute approximate surface area is 162 Å². The molecule has 0 spiro atoms. The predicted octanol–water partition coefficient (Wildman–Crippen LogP) is 3.34. The van der Waals surface area contributed by atoms with E-state index < -0.39 is 17.5 Å². The molecule has 1 saturated carbocycles. The van der Waals surface area contributed by atoms with Crippen molar-refractivity contribution in [3.05, 3.63) is 47.7 Å². The molecule has 1 fully saturated rings. The van der Waals surface area contributed by atoms with Gasteiger partial charge in [-0.1, -0.05) is 0 Å². The third kappa shape index (κ3) is 5.50. The van der Waals surface area contributed by atoms with Gasteiger partial charge in [-0.2, -0.15) is 4.98 Å². The molecule has 1 aromatic carbocycles. The molecule has 0 atom stereocenters. The zero-order chi connectivity index (χ0) is 18.5. The molecule has 1 heterocycles. The normalized spacial score (nSPS) is 18.9. The smallest absolute Gasteiger partial charge is 0.251 e. The van der Waals surface area contributed by atoms with Gasteiger partial charge in [-0.25, -0.2) is 13.8 Å². The summed E-state index contributed by atoms with van der Waals surface area (Å²) in [5.74, 6) is -1.37. The molecule has 1 amide bonds. The standard InChI is InChI=1S/C18H20F2N4O2.ClH/c1-26-16-8-9-21-18(24-16)23-13-5-3-12(4-6-13)22-17(25)11-2-7-14(19)15(20)10-11;/h2,7-10,12-13H,3-6H2,1H3,(H,22,25)(H,21,23,24);1H. The maximum absolute atomic E-state index is 13.2. The minimum atomic E-state index is -1.02. The third-order valence-electron chi connectivity index (χ3n) is 4.42. The van der Waals surface area contributed by atoms with Crippen molar-refractivity contribution in [3.8, 4) is 5.88 Å². The van der Waals surface area contributed by atoms with E-state index in [2.05, 4.69) is 20.6 Å². The van der Waals surface area contributed by atoms with Crippen LogP contribution in [0.3, 0.4) is 0 Å². The predicted molar refractivity (Wildman–Crippen MR) is 99.3 cm³/mol. The fraction of sp³-hybridized carbons (Fsp3) is 0.389. The van der Waals surface area contributed by atoms with Gasteiger partial charge in [-0.15, -0.1) is 12.4 Å². The summed E-state index contributed by atoms with van der Waals surface area (Å²) in [5.41, 5.74) is 0.119. The second kappa shape index (κ2) is 9.45. The summed E-state index contributed by atoms with van der Waals surface area (Å²) in [4.78, 5) is 20.6. The fourth-order valence-electron chi connectivity index (χ4n) is 3.00. The monoisotopic (exact) mass is 398 g/mol. The Morgan fingerprint density at radius 2 is 1.81 bits per heavy atom. The number of halogens is 3. The number of carbonyl (C=O) groups is 1. The molecule has 0 aliphatic heterocycles. The molecular formula is C18H21ClF2N4O2. The molecule has 27 heavy (non-hydrogen) atoms. The van der Waals surface area contributed by atoms with Crippen molar-refractivity contribution in [1.82, 2.24) is 15.3 Å². The highest BCUT2D eigenvalue weighted by Gasteiger charge is 2.23. The van der Waals surface area contributed by atoms with E-state index in [0.29, 0.717) is 11.8 Å². The molecule has 0 saturated heterocycles. The van der Waals surface area contributed by atoms with Crippen LogP contribution < -0.4 is 15.4 Å². The molecule has 0 radical (unpaired) electrons. The number of nitrogens with one attached hydrogen (secondary N) is 2. The van der Waals surface area contributed by atoms with Crippen molar-refractivity contribution in [3.63, 3.8) is 0 Å². The minimum Gasteiger partial charge on any atom is -0.481 e. The summed E-state index contributed by atoms with van der Waals surface area (Å²) in [6.45, 7) is 0. The zero-order valence-electron chi connectivity index (χ0n) is 14.7. The number of carbonyl (C=O) groups excluding carboxylic acids is 1. The average molecular weight is 399 g/mol. The lowest BCUT2D eigenvalue weighted by Crippen LogP contribution is -2.40. The lowest BCUT2D eigenvalue weighted by Gasteiger charge is -2.29. The summed E-state index contributed by atoms with van der Waals surface area (Å²) >= 11 is 0. The summed E-state index contributed by atoms with van der Waals surface area (Å²) in [7, 11) is 1.55. The van der Waals surface area contributed by atoms with Crippen LogP contribution in [0.15, 0.2) is 30.5 Å². The van der Waals surface area contributed by atoms with Crippen molar-refractivity contribution < 1.29 is 18.3 Å². The summed E-state index contributed by atoms with van der Waals surface area (Å²) in [6, 6.07) is 5.03. The van der Waals surface area contributed by atoms with Crippen LogP contribution in [0.4, 0.5) is 14.7 Å². The first kappa shape index (κ1) is 20.8. The molecule has 0 unspecified atom stereocenters. The first-order valence-electron chi connectivity index (χ1n) is 8.44. The third-order valence-corrected chi connectivity index (χ3v) is 4.42. The van der Waals surface area contributed by atoms with Gasteiger partial charge in [0.15, 0.2) is 11.6 Å². The number of anilines is 1. The maximum atomic E-state index is 13.2. The molecule has 146 valence electrons. The number of hydrogen-bond acceptors (Lipinski definition) is 5. The van der Waals surface area contributed by atoms with Crippen molar-refractivity contribution in [2.75, 3.05) is 12.4 Å². The van der Waals surface area contributed by atoms with Gasteiger partial charge in [0.25, 0.3) is 5.91 Å². The lowest BCUT2D eigenvalue weighted by atomic mass is 9.91.